The lowest BCUT2D eigenvalue weighted by Crippen LogP contribution is -2.31. The molecule has 1 fully saturated rings. The van der Waals surface area contributed by atoms with Crippen LogP contribution in [0.3, 0.4) is 0 Å². The van der Waals surface area contributed by atoms with Crippen LogP contribution in [0.1, 0.15) is 24.8 Å². The number of rotatable bonds is 9. The van der Waals surface area contributed by atoms with Crippen molar-refractivity contribution < 1.29 is 29.1 Å². The number of nitrogens with two attached hydrogens (primary N) is 2. The molecule has 2 rings (SSSR count). The van der Waals surface area contributed by atoms with Crippen molar-refractivity contribution in [1.29, 1.82) is 0 Å². The number of primary amides is 1. The number of nitrogens with zero attached hydrogens (tertiary/aromatic N) is 3. The van der Waals surface area contributed by atoms with Gasteiger partial charge in [0.2, 0.25) is 5.91 Å². The number of carboxylic acids is 1. The van der Waals surface area contributed by atoms with E-state index in [9.17, 15) is 19.2 Å². The normalized spacial score (nSPS) is 13.2. The van der Waals surface area contributed by atoms with Crippen molar-refractivity contribution in [2.75, 3.05) is 45.2 Å². The van der Waals surface area contributed by atoms with Crippen LogP contribution in [0.25, 0.3) is 0 Å². The number of carbonyl (C=O) groups excluding carboxylic acids is 3. The molecule has 0 aliphatic carbocycles. The summed E-state index contributed by atoms with van der Waals surface area (Å²) < 4.78 is 0. The number of carboxylic acid groups (broad SMARTS) is 1. The Morgan fingerprint density at radius 2 is 1.82 bits per heavy atom. The Morgan fingerprint density at radius 1 is 1.15 bits per heavy atom. The minimum absolute atomic E-state index is 0.0880. The smallest absolute Gasteiger partial charge is 0.433 e. The topological polar surface area (TPSA) is 193 Å². The summed E-state index contributed by atoms with van der Waals surface area (Å²) in [7, 11) is 3.81. The van der Waals surface area contributed by atoms with E-state index in [4.69, 9.17) is 15.7 Å². The van der Waals surface area contributed by atoms with Gasteiger partial charge in [-0.1, -0.05) is 5.16 Å². The fourth-order valence-corrected chi connectivity index (χ4v) is 2.58. The van der Waals surface area contributed by atoms with Crippen molar-refractivity contribution in [3.05, 3.63) is 29.8 Å². The Balaban J connectivity index is 0.000000513. The number of benzene rings is 1. The molecule has 0 spiro atoms. The number of oxime groups is 1. The van der Waals surface area contributed by atoms with Gasteiger partial charge in [-0.25, -0.2) is 9.59 Å². The number of hydrogen-bond acceptors (Lipinski definition) is 7. The van der Waals surface area contributed by atoms with E-state index < -0.39 is 18.1 Å². The van der Waals surface area contributed by atoms with Gasteiger partial charge in [0.25, 0.3) is 0 Å². The van der Waals surface area contributed by atoms with E-state index >= 15 is 0 Å². The van der Waals surface area contributed by atoms with Crippen LogP contribution in [0.15, 0.2) is 29.4 Å². The first-order valence-electron chi connectivity index (χ1n) is 10.2. The Bertz CT molecular complexity index is 828. The predicted octanol–water partition coefficient (Wildman–Crippen LogP) is -0.149. The highest BCUT2D eigenvalue weighted by atomic mass is 16.7. The molecule has 182 valence electrons. The van der Waals surface area contributed by atoms with Gasteiger partial charge in [-0.3, -0.25) is 14.4 Å². The summed E-state index contributed by atoms with van der Waals surface area (Å²) in [5.74, 6) is -0.733. The standard InChI is InChI=1S/C16H23N5O3.C4H8N2O3/c1-20(2)11-9-18-16(23)24-19-15(17)12-5-7-13(8-6-12)21-10-3-4-14(21)22;5-4(9)6-2-1-3(7)8/h5-8H,3-4,9-11H2,1-2H3,(H2,17,19)(H,18,23);1-2H2,(H,7,8)(H3,5,6,9). The second-order valence-electron chi connectivity index (χ2n) is 7.22. The lowest BCUT2D eigenvalue weighted by molar-refractivity contribution is -0.136. The van der Waals surface area contributed by atoms with Crippen molar-refractivity contribution in [3.8, 4) is 0 Å². The molecule has 13 heteroatoms. The molecule has 33 heavy (non-hydrogen) atoms. The minimum atomic E-state index is -0.955. The zero-order valence-electron chi connectivity index (χ0n) is 18.7. The maximum Gasteiger partial charge on any atom is 0.433 e. The summed E-state index contributed by atoms with van der Waals surface area (Å²) in [4.78, 5) is 51.3. The molecule has 1 saturated heterocycles. The van der Waals surface area contributed by atoms with Crippen LogP contribution in [-0.4, -0.2) is 80.1 Å². The number of anilines is 1. The van der Waals surface area contributed by atoms with Gasteiger partial charge in [-0.15, -0.1) is 0 Å². The molecular formula is C20H31N7O6. The highest BCUT2D eigenvalue weighted by molar-refractivity contribution is 5.99. The third-order valence-corrected chi connectivity index (χ3v) is 4.24. The van der Waals surface area contributed by atoms with Crippen molar-refractivity contribution in [2.45, 2.75) is 19.3 Å². The molecule has 1 aromatic carbocycles. The van der Waals surface area contributed by atoms with Crippen LogP contribution in [0.5, 0.6) is 0 Å². The number of carbonyl (C=O) groups is 4. The molecule has 0 saturated carbocycles. The second kappa shape index (κ2) is 14.2. The molecule has 0 aromatic heterocycles. The van der Waals surface area contributed by atoms with E-state index in [0.29, 0.717) is 25.1 Å². The molecular weight excluding hydrogens is 434 g/mol. The van der Waals surface area contributed by atoms with Gasteiger partial charge in [-0.2, -0.15) is 0 Å². The zero-order valence-corrected chi connectivity index (χ0v) is 18.7. The average Bonchev–Trinajstić information content (AvgIpc) is 3.17. The maximum absolute atomic E-state index is 11.7. The maximum atomic E-state index is 11.7. The van der Waals surface area contributed by atoms with E-state index in [1.165, 1.54) is 0 Å². The monoisotopic (exact) mass is 465 g/mol. The fraction of sp³-hybridized carbons (Fsp3) is 0.450. The largest absolute Gasteiger partial charge is 0.481 e. The highest BCUT2D eigenvalue weighted by Crippen LogP contribution is 2.21. The van der Waals surface area contributed by atoms with E-state index in [-0.39, 0.29) is 24.7 Å². The first-order valence-corrected chi connectivity index (χ1v) is 10.2. The molecule has 1 heterocycles. The molecule has 7 N–H and O–H groups in total. The molecule has 0 unspecified atom stereocenters. The van der Waals surface area contributed by atoms with Gasteiger partial charge in [0, 0.05) is 43.9 Å². The first kappa shape index (κ1) is 27.2. The number of hydrogen-bond donors (Lipinski definition) is 5. The molecule has 0 atom stereocenters. The third kappa shape index (κ3) is 11.4. The SMILES string of the molecule is CN(C)CCNC(=O)O/N=C(\N)c1ccc(N2CCCC2=O)cc1.NC(=O)NCCC(=O)O. The number of nitrogens with one attached hydrogen (secondary N) is 2. The van der Waals surface area contributed by atoms with Gasteiger partial charge >= 0.3 is 18.1 Å². The number of amidine groups is 1. The average molecular weight is 466 g/mol. The number of likely N-dealkylation sites (N-methyl/N-ethyl adjacent to an activating group) is 1. The van der Waals surface area contributed by atoms with Gasteiger partial charge in [0.15, 0.2) is 5.84 Å². The Labute approximate surface area is 191 Å². The quantitative estimate of drug-likeness (QED) is 0.144. The molecule has 1 aromatic rings. The predicted molar refractivity (Wildman–Crippen MR) is 122 cm³/mol. The lowest BCUT2D eigenvalue weighted by atomic mass is 10.2. The fourth-order valence-electron chi connectivity index (χ4n) is 2.58. The summed E-state index contributed by atoms with van der Waals surface area (Å²) in [6, 6.07) is 6.40. The van der Waals surface area contributed by atoms with Crippen molar-refractivity contribution in [1.82, 2.24) is 15.5 Å². The Kier molecular flexibility index (Phi) is 11.7. The first-order chi connectivity index (χ1) is 15.6. The van der Waals surface area contributed by atoms with Crippen molar-refractivity contribution >= 4 is 35.5 Å². The van der Waals surface area contributed by atoms with E-state index in [2.05, 4.69) is 21.5 Å². The summed E-state index contributed by atoms with van der Waals surface area (Å²) in [6.07, 6.45) is 0.713. The molecule has 0 radical (unpaired) electrons. The van der Waals surface area contributed by atoms with E-state index in [1.807, 2.05) is 19.0 Å². The second-order valence-corrected chi connectivity index (χ2v) is 7.22. The third-order valence-electron chi connectivity index (χ3n) is 4.24. The van der Waals surface area contributed by atoms with Gasteiger partial charge < -0.3 is 37.0 Å². The molecule has 4 amide bonds. The molecule has 1 aliphatic rings. The van der Waals surface area contributed by atoms with Gasteiger partial charge in [0.1, 0.15) is 0 Å². The molecule has 1 aliphatic heterocycles. The van der Waals surface area contributed by atoms with Crippen LogP contribution in [0.4, 0.5) is 15.3 Å². The van der Waals surface area contributed by atoms with Crippen molar-refractivity contribution in [2.24, 2.45) is 16.6 Å². The Hall–Kier alpha value is -3.87. The molecule has 0 bridgehead atoms. The summed E-state index contributed by atoms with van der Waals surface area (Å²) in [5.41, 5.74) is 11.9. The minimum Gasteiger partial charge on any atom is -0.481 e. The van der Waals surface area contributed by atoms with E-state index in [1.54, 1.807) is 29.2 Å². The molecule has 13 nitrogen and oxygen atoms in total. The van der Waals surface area contributed by atoms with Crippen LogP contribution in [0, 0.1) is 0 Å². The number of urea groups is 1. The van der Waals surface area contributed by atoms with Gasteiger partial charge in [0.05, 0.1) is 6.42 Å². The van der Waals surface area contributed by atoms with Crippen LogP contribution in [-0.2, 0) is 14.4 Å². The van der Waals surface area contributed by atoms with Crippen LogP contribution in [0.2, 0.25) is 0 Å². The number of aliphatic carboxylic acids is 1. The van der Waals surface area contributed by atoms with Crippen molar-refractivity contribution in [3.63, 3.8) is 0 Å². The zero-order chi connectivity index (χ0) is 24.8. The summed E-state index contributed by atoms with van der Waals surface area (Å²) in [5, 5.41) is 16.4. The van der Waals surface area contributed by atoms with Crippen LogP contribution >= 0.6 is 0 Å². The summed E-state index contributed by atoms with van der Waals surface area (Å²) in [6.45, 7) is 1.98. The highest BCUT2D eigenvalue weighted by Gasteiger charge is 2.21. The lowest BCUT2D eigenvalue weighted by Gasteiger charge is -2.15. The van der Waals surface area contributed by atoms with E-state index in [0.717, 1.165) is 18.7 Å². The summed E-state index contributed by atoms with van der Waals surface area (Å²) >= 11 is 0. The van der Waals surface area contributed by atoms with Gasteiger partial charge in [-0.05, 0) is 44.8 Å². The van der Waals surface area contributed by atoms with Crippen LogP contribution < -0.4 is 27.0 Å². The Morgan fingerprint density at radius 3 is 2.33 bits per heavy atom. The number of amides is 4.